The Labute approximate surface area is 125 Å². The zero-order valence-electron chi connectivity index (χ0n) is 12.4. The lowest BCUT2D eigenvalue weighted by Crippen LogP contribution is -2.47. The molecule has 1 saturated heterocycles. The molecule has 1 fully saturated rings. The van der Waals surface area contributed by atoms with Crippen LogP contribution >= 0.6 is 11.6 Å². The third-order valence-corrected chi connectivity index (χ3v) is 5.02. The van der Waals surface area contributed by atoms with E-state index in [1.54, 1.807) is 6.07 Å². The van der Waals surface area contributed by atoms with Gasteiger partial charge in [-0.2, -0.15) is 0 Å². The molecule has 2 aliphatic heterocycles. The van der Waals surface area contributed by atoms with Crippen molar-refractivity contribution < 1.29 is 4.39 Å². The van der Waals surface area contributed by atoms with Gasteiger partial charge in [-0.25, -0.2) is 4.39 Å². The van der Waals surface area contributed by atoms with E-state index < -0.39 is 0 Å². The summed E-state index contributed by atoms with van der Waals surface area (Å²) in [7, 11) is 0. The van der Waals surface area contributed by atoms with Gasteiger partial charge in [-0.05, 0) is 58.8 Å². The minimum Gasteiger partial charge on any atom is -0.365 e. The summed E-state index contributed by atoms with van der Waals surface area (Å²) in [4.78, 5) is 2.34. The summed E-state index contributed by atoms with van der Waals surface area (Å²) >= 11 is 6.05. The van der Waals surface area contributed by atoms with E-state index in [2.05, 4.69) is 31.0 Å². The lowest BCUT2D eigenvalue weighted by atomic mass is 9.74. The molecule has 0 aliphatic carbocycles. The van der Waals surface area contributed by atoms with Gasteiger partial charge >= 0.3 is 0 Å². The van der Waals surface area contributed by atoms with E-state index in [4.69, 9.17) is 11.6 Å². The Morgan fingerprint density at radius 2 is 1.90 bits per heavy atom. The summed E-state index contributed by atoms with van der Waals surface area (Å²) in [6, 6.07) is 3.68. The van der Waals surface area contributed by atoms with Gasteiger partial charge in [-0.3, -0.25) is 0 Å². The third kappa shape index (κ3) is 2.03. The number of fused-ring (bicyclic) bond motifs is 2. The Kier molecular flexibility index (Phi) is 3.26. The van der Waals surface area contributed by atoms with Crippen molar-refractivity contribution in [1.29, 1.82) is 0 Å². The quantitative estimate of drug-likeness (QED) is 0.785. The van der Waals surface area contributed by atoms with E-state index >= 15 is 0 Å². The van der Waals surface area contributed by atoms with Crippen LogP contribution in [0, 0.1) is 5.82 Å². The molecule has 2 aliphatic rings. The number of benzene rings is 1. The zero-order chi connectivity index (χ0) is 14.5. The van der Waals surface area contributed by atoms with E-state index in [1.807, 2.05) is 6.07 Å². The van der Waals surface area contributed by atoms with Gasteiger partial charge in [0, 0.05) is 28.7 Å². The third-order valence-electron chi connectivity index (χ3n) is 4.73. The molecule has 0 radical (unpaired) electrons. The van der Waals surface area contributed by atoms with E-state index in [1.165, 1.54) is 0 Å². The molecule has 0 saturated carbocycles. The Morgan fingerprint density at radius 1 is 1.25 bits per heavy atom. The second-order valence-corrected chi connectivity index (χ2v) is 7.45. The van der Waals surface area contributed by atoms with Gasteiger partial charge in [0.05, 0.1) is 5.02 Å². The van der Waals surface area contributed by atoms with Crippen LogP contribution < -0.4 is 10.2 Å². The molecule has 3 rings (SSSR count). The van der Waals surface area contributed by atoms with E-state index in [-0.39, 0.29) is 21.8 Å². The first-order chi connectivity index (χ1) is 9.35. The summed E-state index contributed by atoms with van der Waals surface area (Å²) in [6.07, 6.45) is 1.95. The molecule has 0 unspecified atom stereocenters. The van der Waals surface area contributed by atoms with Crippen molar-refractivity contribution in [2.75, 3.05) is 24.5 Å². The summed E-state index contributed by atoms with van der Waals surface area (Å²) in [5.41, 5.74) is 1.79. The van der Waals surface area contributed by atoms with Gasteiger partial charge in [-0.1, -0.05) is 11.6 Å². The SMILES string of the molecule is CC(C)(C)N1CC2(CCNCC2)c2c1ccc(Cl)c2F. The average molecular weight is 297 g/mol. The highest BCUT2D eigenvalue weighted by molar-refractivity contribution is 6.31. The van der Waals surface area contributed by atoms with Gasteiger partial charge in [-0.15, -0.1) is 0 Å². The van der Waals surface area contributed by atoms with E-state index in [9.17, 15) is 4.39 Å². The minimum atomic E-state index is -0.210. The molecule has 0 atom stereocenters. The Balaban J connectivity index is 2.17. The van der Waals surface area contributed by atoms with Crippen LogP contribution in [0.5, 0.6) is 0 Å². The predicted molar refractivity (Wildman–Crippen MR) is 82.3 cm³/mol. The number of nitrogens with zero attached hydrogens (tertiary/aromatic N) is 1. The van der Waals surface area contributed by atoms with Crippen LogP contribution in [-0.2, 0) is 5.41 Å². The van der Waals surface area contributed by atoms with Crippen molar-refractivity contribution >= 4 is 17.3 Å². The van der Waals surface area contributed by atoms with Crippen molar-refractivity contribution in [1.82, 2.24) is 5.32 Å². The van der Waals surface area contributed by atoms with Crippen molar-refractivity contribution in [2.24, 2.45) is 0 Å². The van der Waals surface area contributed by atoms with E-state index in [0.717, 1.165) is 43.7 Å². The zero-order valence-corrected chi connectivity index (χ0v) is 13.1. The lowest BCUT2D eigenvalue weighted by molar-refractivity contribution is 0.305. The van der Waals surface area contributed by atoms with Crippen LogP contribution in [-0.4, -0.2) is 25.2 Å². The molecule has 1 spiro atoms. The molecule has 0 aromatic heterocycles. The molecule has 1 aromatic rings. The lowest BCUT2D eigenvalue weighted by Gasteiger charge is -2.39. The Hall–Kier alpha value is -0.800. The van der Waals surface area contributed by atoms with Crippen LogP contribution in [0.25, 0.3) is 0 Å². The standard InChI is InChI=1S/C16H22ClFN2/c1-15(2,3)20-10-16(6-8-19-9-7-16)13-12(20)5-4-11(17)14(13)18/h4-5,19H,6-10H2,1-3H3. The first kappa shape index (κ1) is 14.2. The van der Waals surface area contributed by atoms with Gasteiger partial charge in [0.2, 0.25) is 0 Å². The van der Waals surface area contributed by atoms with Crippen molar-refractivity contribution in [3.8, 4) is 0 Å². The largest absolute Gasteiger partial charge is 0.365 e. The van der Waals surface area contributed by atoms with Gasteiger partial charge < -0.3 is 10.2 Å². The molecule has 1 aromatic carbocycles. The number of rotatable bonds is 0. The molecular weight excluding hydrogens is 275 g/mol. The maximum atomic E-state index is 14.7. The van der Waals surface area contributed by atoms with Crippen molar-refractivity contribution in [3.05, 3.63) is 28.5 Å². The maximum Gasteiger partial charge on any atom is 0.147 e. The summed E-state index contributed by atoms with van der Waals surface area (Å²) in [6.45, 7) is 9.34. The molecule has 0 bridgehead atoms. The van der Waals surface area contributed by atoms with Crippen LogP contribution in [0.4, 0.5) is 10.1 Å². The minimum absolute atomic E-state index is 0.0105. The second kappa shape index (κ2) is 4.60. The van der Waals surface area contributed by atoms with Gasteiger partial charge in [0.25, 0.3) is 0 Å². The molecule has 0 amide bonds. The number of piperidine rings is 1. The summed E-state index contributed by atoms with van der Waals surface area (Å²) in [5, 5.41) is 3.63. The molecule has 2 nitrogen and oxygen atoms in total. The van der Waals surface area contributed by atoms with Gasteiger partial charge in [0.1, 0.15) is 5.82 Å². The van der Waals surface area contributed by atoms with Crippen LogP contribution in [0.3, 0.4) is 0 Å². The number of anilines is 1. The van der Waals surface area contributed by atoms with Crippen molar-refractivity contribution in [3.63, 3.8) is 0 Å². The first-order valence-corrected chi connectivity index (χ1v) is 7.70. The number of halogens is 2. The average Bonchev–Trinajstić information content (AvgIpc) is 2.70. The van der Waals surface area contributed by atoms with E-state index in [0.29, 0.717) is 0 Å². The number of hydrogen-bond donors (Lipinski definition) is 1. The normalized spacial score (nSPS) is 21.4. The molecule has 2 heterocycles. The second-order valence-electron chi connectivity index (χ2n) is 7.04. The molecular formula is C16H22ClFN2. The fraction of sp³-hybridized carbons (Fsp3) is 0.625. The topological polar surface area (TPSA) is 15.3 Å². The smallest absolute Gasteiger partial charge is 0.147 e. The highest BCUT2D eigenvalue weighted by Crippen LogP contribution is 2.50. The monoisotopic (exact) mass is 296 g/mol. The molecule has 1 N–H and O–H groups in total. The fourth-order valence-corrected chi connectivity index (χ4v) is 3.81. The highest BCUT2D eigenvalue weighted by Gasteiger charge is 2.48. The highest BCUT2D eigenvalue weighted by atomic mass is 35.5. The molecule has 20 heavy (non-hydrogen) atoms. The number of hydrogen-bond acceptors (Lipinski definition) is 2. The Morgan fingerprint density at radius 3 is 2.50 bits per heavy atom. The first-order valence-electron chi connectivity index (χ1n) is 7.32. The van der Waals surface area contributed by atoms with Crippen LogP contribution in [0.1, 0.15) is 39.2 Å². The maximum absolute atomic E-state index is 14.7. The fourth-order valence-electron chi connectivity index (χ4n) is 3.65. The van der Waals surface area contributed by atoms with Crippen LogP contribution in [0.15, 0.2) is 12.1 Å². The molecule has 110 valence electrons. The molecule has 4 heteroatoms. The van der Waals surface area contributed by atoms with Crippen LogP contribution in [0.2, 0.25) is 5.02 Å². The van der Waals surface area contributed by atoms with Gasteiger partial charge in [0.15, 0.2) is 0 Å². The Bertz CT molecular complexity index is 530. The van der Waals surface area contributed by atoms with Crippen molar-refractivity contribution in [2.45, 2.75) is 44.6 Å². The number of nitrogens with one attached hydrogen (secondary N) is 1. The summed E-state index contributed by atoms with van der Waals surface area (Å²) < 4.78 is 14.7. The summed E-state index contributed by atoms with van der Waals surface area (Å²) in [5.74, 6) is -0.210. The predicted octanol–water partition coefficient (Wildman–Crippen LogP) is 3.72.